The van der Waals surface area contributed by atoms with Crippen LogP contribution < -0.4 is 4.74 Å². The van der Waals surface area contributed by atoms with E-state index in [1.54, 1.807) is 23.6 Å². The third-order valence-corrected chi connectivity index (χ3v) is 3.53. The molecule has 96 valence electrons. The highest BCUT2D eigenvalue weighted by atomic mass is 35.5. The Morgan fingerprint density at radius 2 is 2.21 bits per heavy atom. The molecule has 0 fully saturated rings. The van der Waals surface area contributed by atoms with Crippen molar-refractivity contribution < 1.29 is 4.74 Å². The van der Waals surface area contributed by atoms with Crippen LogP contribution >= 0.6 is 22.9 Å². The van der Waals surface area contributed by atoms with Crippen molar-refractivity contribution in [2.75, 3.05) is 0 Å². The average molecular weight is 293 g/mol. The molecule has 19 heavy (non-hydrogen) atoms. The molecular formula is C12H9ClN4OS. The molecule has 0 bridgehead atoms. The van der Waals surface area contributed by atoms with E-state index in [2.05, 4.69) is 19.9 Å². The van der Waals surface area contributed by atoms with Gasteiger partial charge in [-0.3, -0.25) is 0 Å². The van der Waals surface area contributed by atoms with Gasteiger partial charge in [0, 0.05) is 11.6 Å². The maximum absolute atomic E-state index is 5.92. The molecule has 0 saturated carbocycles. The molecule has 0 radical (unpaired) electrons. The van der Waals surface area contributed by atoms with E-state index in [4.69, 9.17) is 16.3 Å². The maximum Gasteiger partial charge on any atom is 0.233 e. The number of aryl methyl sites for hydroxylation is 1. The van der Waals surface area contributed by atoms with Crippen molar-refractivity contribution in [1.82, 2.24) is 19.9 Å². The molecule has 0 N–H and O–H groups in total. The van der Waals surface area contributed by atoms with Crippen LogP contribution in [0.5, 0.6) is 5.88 Å². The Hall–Kier alpha value is -1.79. The molecule has 3 heterocycles. The monoisotopic (exact) mass is 292 g/mol. The number of ether oxygens (including phenoxy) is 1. The molecule has 0 spiro atoms. The first kappa shape index (κ1) is 12.3. The van der Waals surface area contributed by atoms with Gasteiger partial charge < -0.3 is 4.74 Å². The fourth-order valence-electron chi connectivity index (χ4n) is 1.59. The van der Waals surface area contributed by atoms with Gasteiger partial charge in [0.1, 0.15) is 12.1 Å². The number of aromatic nitrogens is 4. The van der Waals surface area contributed by atoms with Crippen molar-refractivity contribution in [1.29, 1.82) is 0 Å². The molecule has 5 nitrogen and oxygen atoms in total. The molecule has 0 saturated heterocycles. The lowest BCUT2D eigenvalue weighted by Gasteiger charge is -2.04. The first-order valence-electron chi connectivity index (χ1n) is 5.53. The van der Waals surface area contributed by atoms with Gasteiger partial charge in [0.15, 0.2) is 5.15 Å². The molecule has 0 atom stereocenters. The van der Waals surface area contributed by atoms with Gasteiger partial charge in [-0.05, 0) is 13.0 Å². The van der Waals surface area contributed by atoms with Crippen molar-refractivity contribution >= 4 is 34.0 Å². The number of nitrogens with zero attached hydrogens (tertiary/aromatic N) is 4. The van der Waals surface area contributed by atoms with Crippen LogP contribution in [0.2, 0.25) is 5.15 Å². The number of pyridine rings is 1. The van der Waals surface area contributed by atoms with Crippen molar-refractivity contribution in [3.8, 4) is 5.88 Å². The van der Waals surface area contributed by atoms with E-state index in [9.17, 15) is 0 Å². The lowest BCUT2D eigenvalue weighted by atomic mass is 10.4. The van der Waals surface area contributed by atoms with E-state index in [0.29, 0.717) is 28.7 Å². The second kappa shape index (κ2) is 5.07. The summed E-state index contributed by atoms with van der Waals surface area (Å²) in [5, 5.41) is 3.32. The summed E-state index contributed by atoms with van der Waals surface area (Å²) in [4.78, 5) is 16.8. The molecule has 0 aliphatic heterocycles. The summed E-state index contributed by atoms with van der Waals surface area (Å²) in [5.74, 6) is 0.445. The van der Waals surface area contributed by atoms with Gasteiger partial charge in [-0.15, -0.1) is 11.3 Å². The zero-order valence-electron chi connectivity index (χ0n) is 10.00. The molecule has 0 aliphatic rings. The number of thiazole rings is 1. The molecular weight excluding hydrogens is 284 g/mol. The van der Waals surface area contributed by atoms with Gasteiger partial charge in [0.05, 0.1) is 22.4 Å². The number of halogens is 1. The largest absolute Gasteiger partial charge is 0.470 e. The fraction of sp³-hybridized carbons (Fsp3) is 0.167. The summed E-state index contributed by atoms with van der Waals surface area (Å²) in [6, 6.07) is 1.74. The van der Waals surface area contributed by atoms with Crippen LogP contribution in [0.25, 0.3) is 11.0 Å². The molecule has 0 amide bonds. The highest BCUT2D eigenvalue weighted by molar-refractivity contribution is 7.09. The van der Waals surface area contributed by atoms with Crippen molar-refractivity contribution in [2.24, 2.45) is 0 Å². The Morgan fingerprint density at radius 1 is 1.32 bits per heavy atom. The average Bonchev–Trinajstić information content (AvgIpc) is 2.82. The zero-order chi connectivity index (χ0) is 13.2. The first-order valence-corrected chi connectivity index (χ1v) is 6.79. The topological polar surface area (TPSA) is 60.8 Å². The SMILES string of the molecule is Cc1nc(COc2cnc3c(Cl)nccc3n2)cs1. The van der Waals surface area contributed by atoms with Gasteiger partial charge in [0.2, 0.25) is 5.88 Å². The lowest BCUT2D eigenvalue weighted by molar-refractivity contribution is 0.290. The van der Waals surface area contributed by atoms with Crippen LogP contribution in [0.3, 0.4) is 0 Å². The smallest absolute Gasteiger partial charge is 0.233 e. The normalized spacial score (nSPS) is 10.8. The number of fused-ring (bicyclic) bond motifs is 1. The number of hydrogen-bond acceptors (Lipinski definition) is 6. The van der Waals surface area contributed by atoms with Gasteiger partial charge in [-0.2, -0.15) is 0 Å². The van der Waals surface area contributed by atoms with Gasteiger partial charge in [-0.25, -0.2) is 19.9 Å². The van der Waals surface area contributed by atoms with Crippen LogP contribution in [0.4, 0.5) is 0 Å². The summed E-state index contributed by atoms with van der Waals surface area (Å²) in [6.07, 6.45) is 3.13. The Labute approximate surface area is 118 Å². The second-order valence-electron chi connectivity index (χ2n) is 3.82. The van der Waals surface area contributed by atoms with E-state index >= 15 is 0 Å². The zero-order valence-corrected chi connectivity index (χ0v) is 11.6. The summed E-state index contributed by atoms with van der Waals surface area (Å²) < 4.78 is 5.56. The lowest BCUT2D eigenvalue weighted by Crippen LogP contribution is -1.99. The van der Waals surface area contributed by atoms with Gasteiger partial charge in [-0.1, -0.05) is 11.6 Å². The minimum Gasteiger partial charge on any atom is -0.470 e. The molecule has 3 rings (SSSR count). The van der Waals surface area contributed by atoms with E-state index in [1.165, 1.54) is 6.20 Å². The van der Waals surface area contributed by atoms with Crippen LogP contribution in [0.1, 0.15) is 10.7 Å². The third-order valence-electron chi connectivity index (χ3n) is 2.43. The molecule has 0 aliphatic carbocycles. The van der Waals surface area contributed by atoms with E-state index in [0.717, 1.165) is 10.7 Å². The van der Waals surface area contributed by atoms with Gasteiger partial charge in [0.25, 0.3) is 0 Å². The Morgan fingerprint density at radius 3 is 3.00 bits per heavy atom. The molecule has 3 aromatic rings. The predicted molar refractivity (Wildman–Crippen MR) is 73.5 cm³/mol. The fourth-order valence-corrected chi connectivity index (χ4v) is 2.39. The third kappa shape index (κ3) is 2.64. The van der Waals surface area contributed by atoms with Crippen LogP contribution in [0, 0.1) is 6.92 Å². The number of rotatable bonds is 3. The summed E-state index contributed by atoms with van der Waals surface area (Å²) in [6.45, 7) is 2.34. The summed E-state index contributed by atoms with van der Waals surface area (Å²) >= 11 is 7.51. The van der Waals surface area contributed by atoms with E-state index in [-0.39, 0.29) is 0 Å². The summed E-state index contributed by atoms with van der Waals surface area (Å²) in [5.41, 5.74) is 2.12. The first-order chi connectivity index (χ1) is 9.22. The van der Waals surface area contributed by atoms with Crippen LogP contribution in [-0.2, 0) is 6.61 Å². The second-order valence-corrected chi connectivity index (χ2v) is 5.24. The van der Waals surface area contributed by atoms with Crippen molar-refractivity contribution in [3.05, 3.63) is 39.7 Å². The van der Waals surface area contributed by atoms with Crippen LogP contribution in [-0.4, -0.2) is 19.9 Å². The Kier molecular flexibility index (Phi) is 3.27. The molecule has 3 aromatic heterocycles. The summed E-state index contributed by atoms with van der Waals surface area (Å²) in [7, 11) is 0. The van der Waals surface area contributed by atoms with E-state index < -0.39 is 0 Å². The van der Waals surface area contributed by atoms with Crippen LogP contribution in [0.15, 0.2) is 23.8 Å². The molecule has 0 aromatic carbocycles. The molecule has 7 heteroatoms. The van der Waals surface area contributed by atoms with E-state index in [1.807, 2.05) is 12.3 Å². The quantitative estimate of drug-likeness (QED) is 0.694. The minimum absolute atomic E-state index is 0.340. The Balaban J connectivity index is 1.82. The van der Waals surface area contributed by atoms with Crippen molar-refractivity contribution in [2.45, 2.75) is 13.5 Å². The van der Waals surface area contributed by atoms with Gasteiger partial charge >= 0.3 is 0 Å². The highest BCUT2D eigenvalue weighted by Crippen LogP contribution is 2.19. The predicted octanol–water partition coefficient (Wildman–Crippen LogP) is 3.02. The van der Waals surface area contributed by atoms with Crippen molar-refractivity contribution in [3.63, 3.8) is 0 Å². The maximum atomic E-state index is 5.92. The standard InChI is InChI=1S/C12H9ClN4OS/c1-7-16-8(6-19-7)5-18-10-4-15-11-9(17-10)2-3-14-12(11)13/h2-4,6H,5H2,1H3. The molecule has 0 unspecified atom stereocenters. The highest BCUT2D eigenvalue weighted by Gasteiger charge is 2.06. The number of hydrogen-bond donors (Lipinski definition) is 0. The minimum atomic E-state index is 0.340. The Bertz CT molecular complexity index is 731.